The predicted octanol–water partition coefficient (Wildman–Crippen LogP) is 2.65. The van der Waals surface area contributed by atoms with Crippen molar-refractivity contribution < 1.29 is 27.5 Å². The Balaban J connectivity index is 1.69. The third-order valence-electron chi connectivity index (χ3n) is 3.94. The highest BCUT2D eigenvalue weighted by atomic mass is 19.2. The molecule has 23 heavy (non-hydrogen) atoms. The summed E-state index contributed by atoms with van der Waals surface area (Å²) in [6, 6.07) is 4.01. The van der Waals surface area contributed by atoms with Gasteiger partial charge in [0.1, 0.15) is 5.76 Å². The molecule has 1 aromatic carbocycles. The molecule has 0 saturated heterocycles. The Hall–Kier alpha value is -2.28. The quantitative estimate of drug-likeness (QED) is 0.831. The molecule has 0 spiro atoms. The SMILES string of the molecule is O=C(NC(CO)c1cc(F)c(F)c(F)c1)C1CC1c1ccco1. The van der Waals surface area contributed by atoms with Crippen LogP contribution in [0.1, 0.15) is 29.7 Å². The fourth-order valence-electron chi connectivity index (χ4n) is 2.59. The number of rotatable bonds is 5. The number of halogens is 3. The highest BCUT2D eigenvalue weighted by Gasteiger charge is 2.46. The van der Waals surface area contributed by atoms with Gasteiger partial charge in [-0.1, -0.05) is 0 Å². The van der Waals surface area contributed by atoms with E-state index in [9.17, 15) is 23.1 Å². The molecule has 1 aliphatic rings. The minimum Gasteiger partial charge on any atom is -0.469 e. The molecular weight excluding hydrogens is 311 g/mol. The van der Waals surface area contributed by atoms with Crippen molar-refractivity contribution in [1.29, 1.82) is 0 Å². The molecule has 122 valence electrons. The first-order valence-electron chi connectivity index (χ1n) is 7.10. The van der Waals surface area contributed by atoms with Crippen LogP contribution < -0.4 is 5.32 Å². The fourth-order valence-corrected chi connectivity index (χ4v) is 2.59. The molecule has 1 fully saturated rings. The van der Waals surface area contributed by atoms with Gasteiger partial charge in [0.25, 0.3) is 0 Å². The molecule has 3 rings (SSSR count). The monoisotopic (exact) mass is 325 g/mol. The summed E-state index contributed by atoms with van der Waals surface area (Å²) >= 11 is 0. The van der Waals surface area contributed by atoms with Gasteiger partial charge in [-0.05, 0) is 36.2 Å². The minimum atomic E-state index is -1.59. The van der Waals surface area contributed by atoms with E-state index in [1.54, 1.807) is 12.1 Å². The highest BCUT2D eigenvalue weighted by Crippen LogP contribution is 2.47. The van der Waals surface area contributed by atoms with Crippen LogP contribution in [0.15, 0.2) is 34.9 Å². The van der Waals surface area contributed by atoms with E-state index >= 15 is 0 Å². The fraction of sp³-hybridized carbons (Fsp3) is 0.312. The van der Waals surface area contributed by atoms with E-state index in [4.69, 9.17) is 4.42 Å². The number of carbonyl (C=O) groups is 1. The molecule has 1 saturated carbocycles. The maximum absolute atomic E-state index is 13.3. The average Bonchev–Trinajstić information content (AvgIpc) is 3.15. The van der Waals surface area contributed by atoms with E-state index in [-0.39, 0.29) is 23.3 Å². The van der Waals surface area contributed by atoms with E-state index in [0.29, 0.717) is 12.2 Å². The largest absolute Gasteiger partial charge is 0.469 e. The van der Waals surface area contributed by atoms with Gasteiger partial charge in [0, 0.05) is 11.8 Å². The zero-order chi connectivity index (χ0) is 16.6. The number of carbonyl (C=O) groups excluding carboxylic acids is 1. The Morgan fingerprint density at radius 3 is 2.61 bits per heavy atom. The number of aliphatic hydroxyl groups is 1. The number of benzene rings is 1. The van der Waals surface area contributed by atoms with Crippen molar-refractivity contribution >= 4 is 5.91 Å². The Labute approximate surface area is 129 Å². The number of amides is 1. The molecule has 1 aliphatic carbocycles. The summed E-state index contributed by atoms with van der Waals surface area (Å²) < 4.78 is 44.7. The molecule has 3 unspecified atom stereocenters. The van der Waals surface area contributed by atoms with Crippen molar-refractivity contribution in [3.05, 3.63) is 59.3 Å². The molecule has 2 aromatic rings. The van der Waals surface area contributed by atoms with Gasteiger partial charge in [-0.25, -0.2) is 13.2 Å². The number of nitrogens with one attached hydrogen (secondary N) is 1. The Morgan fingerprint density at radius 2 is 2.04 bits per heavy atom. The second-order valence-electron chi connectivity index (χ2n) is 5.51. The van der Waals surface area contributed by atoms with Crippen LogP contribution in [0.2, 0.25) is 0 Å². The summed E-state index contributed by atoms with van der Waals surface area (Å²) in [6.07, 6.45) is 2.12. The summed E-state index contributed by atoms with van der Waals surface area (Å²) in [5.74, 6) is -4.33. The van der Waals surface area contributed by atoms with Crippen molar-refractivity contribution in [2.75, 3.05) is 6.61 Å². The van der Waals surface area contributed by atoms with Crippen LogP contribution in [0.25, 0.3) is 0 Å². The Morgan fingerprint density at radius 1 is 1.35 bits per heavy atom. The first kappa shape index (κ1) is 15.6. The minimum absolute atomic E-state index is 0.0348. The molecule has 2 N–H and O–H groups in total. The van der Waals surface area contributed by atoms with Gasteiger partial charge in [-0.2, -0.15) is 0 Å². The molecule has 0 aliphatic heterocycles. The van der Waals surface area contributed by atoms with Gasteiger partial charge >= 0.3 is 0 Å². The molecule has 1 aromatic heterocycles. The van der Waals surface area contributed by atoms with Crippen LogP contribution >= 0.6 is 0 Å². The smallest absolute Gasteiger partial charge is 0.224 e. The molecule has 7 heteroatoms. The van der Waals surface area contributed by atoms with Crippen molar-refractivity contribution in [1.82, 2.24) is 5.32 Å². The van der Waals surface area contributed by atoms with Gasteiger partial charge < -0.3 is 14.8 Å². The van der Waals surface area contributed by atoms with E-state index in [1.807, 2.05) is 0 Å². The van der Waals surface area contributed by atoms with Gasteiger partial charge in [0.15, 0.2) is 17.5 Å². The lowest BCUT2D eigenvalue weighted by molar-refractivity contribution is -0.123. The van der Waals surface area contributed by atoms with Gasteiger partial charge in [-0.3, -0.25) is 4.79 Å². The maximum atomic E-state index is 13.3. The van der Waals surface area contributed by atoms with Crippen LogP contribution in [0.4, 0.5) is 13.2 Å². The topological polar surface area (TPSA) is 62.5 Å². The van der Waals surface area contributed by atoms with Crippen LogP contribution in [-0.4, -0.2) is 17.6 Å². The maximum Gasteiger partial charge on any atom is 0.224 e. The second-order valence-corrected chi connectivity index (χ2v) is 5.51. The molecule has 4 nitrogen and oxygen atoms in total. The van der Waals surface area contributed by atoms with E-state index in [0.717, 1.165) is 12.1 Å². The van der Waals surface area contributed by atoms with E-state index in [1.165, 1.54) is 6.26 Å². The van der Waals surface area contributed by atoms with Gasteiger partial charge in [0.05, 0.1) is 18.9 Å². The summed E-state index contributed by atoms with van der Waals surface area (Å²) in [5.41, 5.74) is -0.0348. The molecule has 0 bridgehead atoms. The van der Waals surface area contributed by atoms with Gasteiger partial charge in [0.2, 0.25) is 5.91 Å². The van der Waals surface area contributed by atoms with E-state index in [2.05, 4.69) is 5.32 Å². The summed E-state index contributed by atoms with van der Waals surface area (Å²) in [6.45, 7) is -0.561. The Kier molecular flexibility index (Phi) is 4.12. The standard InChI is InChI=1S/C16H14F3NO3/c17-11-4-8(5-12(18)15(11)19)13(7-21)20-16(22)10-6-9(10)14-2-1-3-23-14/h1-5,9-10,13,21H,6-7H2,(H,20,22). The van der Waals surface area contributed by atoms with Crippen molar-refractivity contribution in [2.45, 2.75) is 18.4 Å². The number of hydrogen-bond acceptors (Lipinski definition) is 3. The Bertz CT molecular complexity index is 694. The van der Waals surface area contributed by atoms with Crippen LogP contribution in [0.3, 0.4) is 0 Å². The van der Waals surface area contributed by atoms with Crippen molar-refractivity contribution in [2.24, 2.45) is 5.92 Å². The summed E-state index contributed by atoms with van der Waals surface area (Å²) in [5, 5.41) is 11.9. The first-order chi connectivity index (χ1) is 11.0. The lowest BCUT2D eigenvalue weighted by Crippen LogP contribution is -2.32. The average molecular weight is 325 g/mol. The van der Waals surface area contributed by atoms with E-state index < -0.39 is 30.1 Å². The zero-order valence-corrected chi connectivity index (χ0v) is 11.9. The molecule has 1 heterocycles. The van der Waals surface area contributed by atoms with Crippen molar-refractivity contribution in [3.63, 3.8) is 0 Å². The molecular formula is C16H14F3NO3. The third kappa shape index (κ3) is 3.10. The number of aliphatic hydroxyl groups excluding tert-OH is 1. The van der Waals surface area contributed by atoms with Crippen LogP contribution in [0.5, 0.6) is 0 Å². The molecule has 0 radical (unpaired) electrons. The predicted molar refractivity (Wildman–Crippen MR) is 73.8 cm³/mol. The summed E-state index contributed by atoms with van der Waals surface area (Å²) in [4.78, 5) is 12.2. The summed E-state index contributed by atoms with van der Waals surface area (Å²) in [7, 11) is 0. The van der Waals surface area contributed by atoms with Crippen LogP contribution in [-0.2, 0) is 4.79 Å². The van der Waals surface area contributed by atoms with Crippen LogP contribution in [0, 0.1) is 23.4 Å². The molecule has 3 atom stereocenters. The normalized spacial score (nSPS) is 21.0. The number of furan rings is 1. The van der Waals surface area contributed by atoms with Crippen molar-refractivity contribution in [3.8, 4) is 0 Å². The lowest BCUT2D eigenvalue weighted by Gasteiger charge is -2.17. The molecule has 1 amide bonds. The zero-order valence-electron chi connectivity index (χ0n) is 11.9. The highest BCUT2D eigenvalue weighted by molar-refractivity contribution is 5.83. The second kappa shape index (κ2) is 6.08. The number of hydrogen-bond donors (Lipinski definition) is 2. The first-order valence-corrected chi connectivity index (χ1v) is 7.10. The third-order valence-corrected chi connectivity index (χ3v) is 3.94. The lowest BCUT2D eigenvalue weighted by atomic mass is 10.1. The van der Waals surface area contributed by atoms with Gasteiger partial charge in [-0.15, -0.1) is 0 Å².